The van der Waals surface area contributed by atoms with Crippen LogP contribution in [0.3, 0.4) is 0 Å². The highest BCUT2D eigenvalue weighted by molar-refractivity contribution is 9.10. The molecule has 0 saturated carbocycles. The predicted octanol–water partition coefficient (Wildman–Crippen LogP) is 1.89. The number of sulfonamides is 1. The lowest BCUT2D eigenvalue weighted by atomic mass is 10.2. The summed E-state index contributed by atoms with van der Waals surface area (Å²) in [5.74, 6) is -0.407. The number of rotatable bonds is 3. The van der Waals surface area contributed by atoms with Crippen molar-refractivity contribution in [3.8, 4) is 5.75 Å². The summed E-state index contributed by atoms with van der Waals surface area (Å²) in [6.45, 7) is -0.165. The molecule has 0 spiro atoms. The Morgan fingerprint density at radius 2 is 1.96 bits per heavy atom. The van der Waals surface area contributed by atoms with E-state index in [4.69, 9.17) is 10.5 Å². The number of para-hydroxylation sites is 2. The molecule has 1 aliphatic heterocycles. The first-order valence-electron chi connectivity index (χ1n) is 6.73. The van der Waals surface area contributed by atoms with E-state index in [2.05, 4.69) is 15.9 Å². The van der Waals surface area contributed by atoms with Crippen LogP contribution in [0.25, 0.3) is 0 Å². The Morgan fingerprint density at radius 3 is 2.65 bits per heavy atom. The van der Waals surface area contributed by atoms with Crippen molar-refractivity contribution in [2.75, 3.05) is 10.8 Å². The van der Waals surface area contributed by atoms with Gasteiger partial charge in [-0.25, -0.2) is 8.42 Å². The molecule has 0 unspecified atom stereocenters. The molecule has 8 heteroatoms. The molecular weight excluding hydrogens is 384 g/mol. The molecule has 2 aromatic carbocycles. The van der Waals surface area contributed by atoms with Gasteiger partial charge in [0.2, 0.25) is 0 Å². The first-order valence-corrected chi connectivity index (χ1v) is 8.96. The number of nitrogens with two attached hydrogens (primary N) is 1. The van der Waals surface area contributed by atoms with Crippen molar-refractivity contribution in [3.63, 3.8) is 0 Å². The Bertz CT molecular complexity index is 869. The van der Waals surface area contributed by atoms with Crippen LogP contribution in [0, 0.1) is 0 Å². The molecule has 1 amide bonds. The van der Waals surface area contributed by atoms with Crippen molar-refractivity contribution >= 4 is 37.5 Å². The largest absolute Gasteiger partial charge is 0.476 e. The lowest BCUT2D eigenvalue weighted by Gasteiger charge is -2.34. The SMILES string of the molecule is NC(=O)[C@@H]1CN(S(=O)(=O)c2cccc(Br)c2)c2ccccc2O1. The number of amides is 1. The molecule has 0 aromatic heterocycles. The van der Waals surface area contributed by atoms with Gasteiger partial charge in [0.05, 0.1) is 17.1 Å². The fraction of sp³-hybridized carbons (Fsp3) is 0.133. The summed E-state index contributed by atoms with van der Waals surface area (Å²) in [6.07, 6.45) is -1.04. The fourth-order valence-corrected chi connectivity index (χ4v) is 4.41. The first kappa shape index (κ1) is 15.8. The topological polar surface area (TPSA) is 89.7 Å². The van der Waals surface area contributed by atoms with Crippen LogP contribution in [0.2, 0.25) is 0 Å². The number of primary amides is 1. The zero-order chi connectivity index (χ0) is 16.6. The van der Waals surface area contributed by atoms with Gasteiger partial charge in [0.15, 0.2) is 6.10 Å². The summed E-state index contributed by atoms with van der Waals surface area (Å²) in [5, 5.41) is 0. The Morgan fingerprint density at radius 1 is 1.22 bits per heavy atom. The van der Waals surface area contributed by atoms with Gasteiger partial charge < -0.3 is 10.5 Å². The Balaban J connectivity index is 2.12. The van der Waals surface area contributed by atoms with Crippen LogP contribution in [0.4, 0.5) is 5.69 Å². The van der Waals surface area contributed by atoms with E-state index in [1.807, 2.05) is 0 Å². The van der Waals surface area contributed by atoms with Crippen molar-refractivity contribution in [1.82, 2.24) is 0 Å². The average Bonchev–Trinajstić information content (AvgIpc) is 2.53. The zero-order valence-electron chi connectivity index (χ0n) is 11.8. The van der Waals surface area contributed by atoms with Crippen LogP contribution in [0.15, 0.2) is 57.9 Å². The van der Waals surface area contributed by atoms with Gasteiger partial charge >= 0.3 is 0 Å². The van der Waals surface area contributed by atoms with Crippen molar-refractivity contribution in [2.24, 2.45) is 5.73 Å². The summed E-state index contributed by atoms with van der Waals surface area (Å²) >= 11 is 3.26. The summed E-state index contributed by atoms with van der Waals surface area (Å²) in [4.78, 5) is 11.6. The molecule has 2 N–H and O–H groups in total. The quantitative estimate of drug-likeness (QED) is 0.857. The third-order valence-corrected chi connectivity index (χ3v) is 5.71. The fourth-order valence-electron chi connectivity index (χ4n) is 2.33. The second kappa shape index (κ2) is 5.86. The van der Waals surface area contributed by atoms with Gasteiger partial charge in [-0.1, -0.05) is 34.1 Å². The van der Waals surface area contributed by atoms with Gasteiger partial charge in [0, 0.05) is 4.47 Å². The molecule has 1 atom stereocenters. The molecule has 1 aliphatic rings. The molecule has 120 valence electrons. The molecule has 0 saturated heterocycles. The smallest absolute Gasteiger partial charge is 0.264 e. The van der Waals surface area contributed by atoms with Crippen LogP contribution in [0.5, 0.6) is 5.75 Å². The van der Waals surface area contributed by atoms with Gasteiger partial charge in [0.1, 0.15) is 5.75 Å². The third kappa shape index (κ3) is 2.91. The van der Waals surface area contributed by atoms with Gasteiger partial charge in [-0.2, -0.15) is 0 Å². The van der Waals surface area contributed by atoms with E-state index in [0.717, 1.165) is 4.31 Å². The van der Waals surface area contributed by atoms with E-state index in [1.165, 1.54) is 12.1 Å². The number of hydrogen-bond donors (Lipinski definition) is 1. The number of fused-ring (bicyclic) bond motifs is 1. The average molecular weight is 397 g/mol. The number of ether oxygens (including phenoxy) is 1. The monoisotopic (exact) mass is 396 g/mol. The van der Waals surface area contributed by atoms with Crippen molar-refractivity contribution in [2.45, 2.75) is 11.0 Å². The van der Waals surface area contributed by atoms with E-state index in [1.54, 1.807) is 36.4 Å². The Kier molecular flexibility index (Phi) is 4.03. The normalized spacial score (nSPS) is 17.3. The van der Waals surface area contributed by atoms with Crippen molar-refractivity contribution < 1.29 is 17.9 Å². The first-order chi connectivity index (χ1) is 10.9. The Labute approximate surface area is 142 Å². The zero-order valence-corrected chi connectivity index (χ0v) is 14.2. The van der Waals surface area contributed by atoms with Gasteiger partial charge in [0.25, 0.3) is 15.9 Å². The second-order valence-corrected chi connectivity index (χ2v) is 7.75. The van der Waals surface area contributed by atoms with E-state index < -0.39 is 22.0 Å². The molecule has 2 aromatic rings. The lowest BCUT2D eigenvalue weighted by molar-refractivity contribution is -0.124. The summed E-state index contributed by atoms with van der Waals surface area (Å²) in [7, 11) is -3.85. The van der Waals surface area contributed by atoms with Crippen LogP contribution >= 0.6 is 15.9 Å². The number of nitrogens with zero attached hydrogens (tertiary/aromatic N) is 1. The number of hydrogen-bond acceptors (Lipinski definition) is 4. The maximum atomic E-state index is 13.0. The minimum absolute atomic E-state index is 0.117. The maximum absolute atomic E-state index is 13.0. The predicted molar refractivity (Wildman–Crippen MR) is 88.7 cm³/mol. The van der Waals surface area contributed by atoms with Crippen LogP contribution < -0.4 is 14.8 Å². The summed E-state index contributed by atoms with van der Waals surface area (Å²) in [5.41, 5.74) is 5.68. The number of benzene rings is 2. The molecular formula is C15H13BrN2O4S. The molecule has 1 heterocycles. The highest BCUT2D eigenvalue weighted by Gasteiger charge is 2.36. The summed E-state index contributed by atoms with van der Waals surface area (Å²) < 4.78 is 33.2. The molecule has 6 nitrogen and oxygen atoms in total. The van der Waals surface area contributed by atoms with Crippen LogP contribution in [-0.4, -0.2) is 27.0 Å². The van der Waals surface area contributed by atoms with Crippen LogP contribution in [-0.2, 0) is 14.8 Å². The second-order valence-electron chi connectivity index (χ2n) is 4.97. The van der Waals surface area contributed by atoms with Crippen molar-refractivity contribution in [3.05, 3.63) is 53.0 Å². The molecule has 0 bridgehead atoms. The van der Waals surface area contributed by atoms with Gasteiger partial charge in [-0.15, -0.1) is 0 Å². The van der Waals surface area contributed by atoms with E-state index in [9.17, 15) is 13.2 Å². The molecule has 0 fully saturated rings. The van der Waals surface area contributed by atoms with Gasteiger partial charge in [-0.3, -0.25) is 9.10 Å². The highest BCUT2D eigenvalue weighted by Crippen LogP contribution is 2.36. The van der Waals surface area contributed by atoms with E-state index in [-0.39, 0.29) is 11.4 Å². The van der Waals surface area contributed by atoms with Gasteiger partial charge in [-0.05, 0) is 30.3 Å². The number of halogens is 1. The summed E-state index contributed by atoms with van der Waals surface area (Å²) in [6, 6.07) is 13.0. The molecule has 0 aliphatic carbocycles. The standard InChI is InChI=1S/C15H13BrN2O4S/c16-10-4-3-5-11(8-10)23(20,21)18-9-14(15(17)19)22-13-7-2-1-6-12(13)18/h1-8,14H,9H2,(H2,17,19)/t14-/m0/s1. The highest BCUT2D eigenvalue weighted by atomic mass is 79.9. The van der Waals surface area contributed by atoms with Crippen molar-refractivity contribution in [1.29, 1.82) is 0 Å². The van der Waals surface area contributed by atoms with Crippen LogP contribution in [0.1, 0.15) is 0 Å². The van der Waals surface area contributed by atoms with E-state index >= 15 is 0 Å². The minimum atomic E-state index is -3.85. The number of carbonyl (C=O) groups is 1. The molecule has 3 rings (SSSR count). The Hall–Kier alpha value is -2.06. The number of anilines is 1. The molecule has 23 heavy (non-hydrogen) atoms. The third-order valence-electron chi connectivity index (χ3n) is 3.44. The number of carbonyl (C=O) groups excluding carboxylic acids is 1. The minimum Gasteiger partial charge on any atom is -0.476 e. The lowest BCUT2D eigenvalue weighted by Crippen LogP contribution is -2.49. The van der Waals surface area contributed by atoms with E-state index in [0.29, 0.717) is 15.9 Å². The molecule has 0 radical (unpaired) electrons. The maximum Gasteiger partial charge on any atom is 0.264 e.